The summed E-state index contributed by atoms with van der Waals surface area (Å²) >= 11 is 0. The van der Waals surface area contributed by atoms with Crippen molar-refractivity contribution in [1.29, 1.82) is 0 Å². The minimum Gasteiger partial charge on any atom is -0.493 e. The lowest BCUT2D eigenvalue weighted by atomic mass is 10.1. The molecule has 2 aromatic carbocycles. The molecule has 326 valence electrons. The number of aliphatic imine (C=N–C) groups is 1. The SMILES string of the molecule is C/C=C/C1=CN2C(=O)c3cc(OC)c(OCCCCCOc4cc5c(cc4C)C(=O)N4C=C(/C=C/C)C[C@H]4C(O)N5C(=O)OCC(C)(C)SSc4ccccn4)cc3N=C[C@@H]2C1. The summed E-state index contributed by atoms with van der Waals surface area (Å²) in [6.45, 7) is 10.5. The number of aliphatic hydroxyl groups excluding tert-OH is 1. The minimum absolute atomic E-state index is 0.0418. The first-order chi connectivity index (χ1) is 29.9. The van der Waals surface area contributed by atoms with Crippen LogP contribution in [0.5, 0.6) is 17.2 Å². The number of amides is 3. The first-order valence-corrected chi connectivity index (χ1v) is 23.0. The zero-order valence-electron chi connectivity index (χ0n) is 35.9. The van der Waals surface area contributed by atoms with Crippen molar-refractivity contribution < 1.29 is 38.4 Å². The summed E-state index contributed by atoms with van der Waals surface area (Å²) in [6.07, 6.45) is 16.0. The van der Waals surface area contributed by atoms with E-state index in [0.29, 0.717) is 66.5 Å². The monoisotopic (exact) mass is 879 g/mol. The molecule has 13 nitrogen and oxygen atoms in total. The van der Waals surface area contributed by atoms with E-state index in [4.69, 9.17) is 18.9 Å². The predicted molar refractivity (Wildman–Crippen MR) is 244 cm³/mol. The molecular weight excluding hydrogens is 827 g/mol. The van der Waals surface area contributed by atoms with Crippen LogP contribution in [0.4, 0.5) is 16.2 Å². The molecule has 5 heterocycles. The van der Waals surface area contributed by atoms with Crippen LogP contribution in [0.1, 0.15) is 86.1 Å². The van der Waals surface area contributed by atoms with E-state index in [-0.39, 0.29) is 35.7 Å². The van der Waals surface area contributed by atoms with E-state index in [2.05, 4.69) is 9.98 Å². The van der Waals surface area contributed by atoms with Gasteiger partial charge >= 0.3 is 6.09 Å². The lowest BCUT2D eigenvalue weighted by molar-refractivity contribution is 0.0546. The number of hydrogen-bond acceptors (Lipinski definition) is 12. The normalized spacial score (nSPS) is 19.5. The molecule has 15 heteroatoms. The van der Waals surface area contributed by atoms with E-state index >= 15 is 0 Å². The third kappa shape index (κ3) is 9.90. The maximum Gasteiger partial charge on any atom is 0.416 e. The van der Waals surface area contributed by atoms with Gasteiger partial charge in [0.05, 0.1) is 59.7 Å². The van der Waals surface area contributed by atoms with Gasteiger partial charge in [0.25, 0.3) is 11.8 Å². The van der Waals surface area contributed by atoms with Gasteiger partial charge in [-0.25, -0.2) is 14.7 Å². The number of allylic oxidation sites excluding steroid dienone is 4. The first kappa shape index (κ1) is 44.5. The van der Waals surface area contributed by atoms with Crippen LogP contribution in [-0.4, -0.2) is 94.0 Å². The van der Waals surface area contributed by atoms with E-state index < -0.39 is 23.1 Å². The number of ether oxygens (including phenoxy) is 4. The molecular formula is C47H53N5O8S2. The minimum atomic E-state index is -1.39. The Morgan fingerprint density at radius 3 is 2.32 bits per heavy atom. The molecule has 0 fully saturated rings. The van der Waals surface area contributed by atoms with E-state index in [1.807, 2.05) is 89.5 Å². The molecule has 0 saturated heterocycles. The Balaban J connectivity index is 0.989. The summed E-state index contributed by atoms with van der Waals surface area (Å²) in [5, 5.41) is 12.7. The summed E-state index contributed by atoms with van der Waals surface area (Å²) in [7, 11) is 4.57. The zero-order chi connectivity index (χ0) is 44.0. The molecule has 7 rings (SSSR count). The third-order valence-corrected chi connectivity index (χ3v) is 13.9. The molecule has 3 aromatic rings. The van der Waals surface area contributed by atoms with Crippen LogP contribution >= 0.6 is 21.6 Å². The highest BCUT2D eigenvalue weighted by Crippen LogP contribution is 2.43. The highest BCUT2D eigenvalue weighted by Gasteiger charge is 2.45. The molecule has 3 amide bonds. The number of pyridine rings is 1. The number of carbonyl (C=O) groups excluding carboxylic acids is 3. The van der Waals surface area contributed by atoms with Crippen molar-refractivity contribution in [1.82, 2.24) is 14.8 Å². The van der Waals surface area contributed by atoms with Crippen LogP contribution in [0.25, 0.3) is 0 Å². The third-order valence-electron chi connectivity index (χ3n) is 10.8. The number of nitrogens with zero attached hydrogens (tertiary/aromatic N) is 5. The fraction of sp³-hybridized carbons (Fsp3) is 0.383. The second kappa shape index (κ2) is 19.7. The quantitative estimate of drug-likeness (QED) is 0.109. The highest BCUT2D eigenvalue weighted by molar-refractivity contribution is 8.77. The topological polar surface area (TPSA) is 143 Å². The summed E-state index contributed by atoms with van der Waals surface area (Å²) in [5.74, 6) is 1.01. The van der Waals surface area contributed by atoms with Crippen LogP contribution in [-0.2, 0) is 4.74 Å². The van der Waals surface area contributed by atoms with Gasteiger partial charge in [-0.1, -0.05) is 41.2 Å². The molecule has 0 aliphatic carbocycles. The number of methoxy groups -OCH3 is 1. The Labute approximate surface area is 370 Å². The Morgan fingerprint density at radius 1 is 0.903 bits per heavy atom. The van der Waals surface area contributed by atoms with Gasteiger partial charge in [0.15, 0.2) is 17.7 Å². The highest BCUT2D eigenvalue weighted by atomic mass is 33.1. The van der Waals surface area contributed by atoms with Crippen LogP contribution in [0.2, 0.25) is 0 Å². The number of rotatable bonds is 16. The first-order valence-electron chi connectivity index (χ1n) is 20.8. The maximum atomic E-state index is 14.1. The van der Waals surface area contributed by atoms with Crippen LogP contribution < -0.4 is 19.1 Å². The standard InChI is InChI=1S/C47H53N5O8S2/c1-7-14-31-21-33-26-49-36-24-41(40(57-6)23-34(36)43(53)50(33)27-31)59-19-13-9-12-18-58-39-25-37-35(20-30(39)3)44(54)51-28-32(15-8-2)22-38(51)45(55)52(37)46(56)60-29-47(4,5)62-61-42-16-10-11-17-48-42/h7-8,10-11,14-17,20,23-28,33,38,45,55H,9,12-13,18-19,21-22,29H2,1-6H3/b14-7+,15-8+/t33-,38-,45?/m0/s1. The number of anilines is 1. The van der Waals surface area contributed by atoms with E-state index in [1.54, 1.807) is 48.7 Å². The number of aliphatic hydroxyl groups is 1. The molecule has 1 N–H and O–H groups in total. The molecule has 3 atom stereocenters. The molecule has 1 unspecified atom stereocenters. The van der Waals surface area contributed by atoms with Crippen LogP contribution in [0.15, 0.2) is 107 Å². The van der Waals surface area contributed by atoms with Gasteiger partial charge in [-0.05, 0) is 118 Å². The lowest BCUT2D eigenvalue weighted by Crippen LogP contribution is -2.51. The smallest absolute Gasteiger partial charge is 0.416 e. The zero-order valence-corrected chi connectivity index (χ0v) is 37.5. The van der Waals surface area contributed by atoms with Crippen molar-refractivity contribution in [3.05, 3.63) is 113 Å². The van der Waals surface area contributed by atoms with Crippen LogP contribution in [0, 0.1) is 6.92 Å². The Hall–Kier alpha value is -5.51. The fourth-order valence-corrected chi connectivity index (χ4v) is 9.70. The van der Waals surface area contributed by atoms with Crippen molar-refractivity contribution in [3.63, 3.8) is 0 Å². The number of aryl methyl sites for hydroxylation is 1. The van der Waals surface area contributed by atoms with E-state index in [9.17, 15) is 19.5 Å². The van der Waals surface area contributed by atoms with Gasteiger partial charge in [-0.15, -0.1) is 0 Å². The van der Waals surface area contributed by atoms with Gasteiger partial charge in [-0.2, -0.15) is 0 Å². The van der Waals surface area contributed by atoms with E-state index in [1.165, 1.54) is 31.4 Å². The lowest BCUT2D eigenvalue weighted by Gasteiger charge is -2.32. The van der Waals surface area contributed by atoms with Crippen LogP contribution in [0.3, 0.4) is 0 Å². The van der Waals surface area contributed by atoms with E-state index in [0.717, 1.165) is 29.0 Å². The average molecular weight is 880 g/mol. The molecule has 4 aliphatic heterocycles. The van der Waals surface area contributed by atoms with Gasteiger partial charge in [-0.3, -0.25) is 14.6 Å². The maximum absolute atomic E-state index is 14.1. The Morgan fingerprint density at radius 2 is 1.61 bits per heavy atom. The largest absolute Gasteiger partial charge is 0.493 e. The molecule has 0 bridgehead atoms. The van der Waals surface area contributed by atoms with Crippen molar-refractivity contribution in [3.8, 4) is 17.2 Å². The van der Waals surface area contributed by atoms with Gasteiger partial charge < -0.3 is 33.9 Å². The summed E-state index contributed by atoms with van der Waals surface area (Å²) in [5.41, 5.74) is 4.15. The predicted octanol–water partition coefficient (Wildman–Crippen LogP) is 9.59. The number of benzene rings is 2. The molecule has 4 aliphatic rings. The summed E-state index contributed by atoms with van der Waals surface area (Å²) < 4.78 is 23.4. The van der Waals surface area contributed by atoms with Crippen molar-refractivity contribution in [2.75, 3.05) is 31.8 Å². The summed E-state index contributed by atoms with van der Waals surface area (Å²) in [4.78, 5) is 55.2. The summed E-state index contributed by atoms with van der Waals surface area (Å²) in [6, 6.07) is 11.7. The Kier molecular flexibility index (Phi) is 14.1. The number of fused-ring (bicyclic) bond motifs is 4. The number of unbranched alkanes of at least 4 members (excludes halogenated alkanes) is 2. The van der Waals surface area contributed by atoms with Crippen molar-refractivity contribution >= 4 is 57.1 Å². The molecule has 0 saturated carbocycles. The number of carbonyl (C=O) groups is 3. The number of aromatic nitrogens is 1. The van der Waals surface area contributed by atoms with Gasteiger partial charge in [0.2, 0.25) is 0 Å². The second-order valence-electron chi connectivity index (χ2n) is 16.0. The second-order valence-corrected chi connectivity index (χ2v) is 18.9. The van der Waals surface area contributed by atoms with Gasteiger partial charge in [0, 0.05) is 36.9 Å². The molecule has 1 aromatic heterocycles. The molecule has 0 spiro atoms. The van der Waals surface area contributed by atoms with Crippen molar-refractivity contribution in [2.45, 2.75) is 94.8 Å². The molecule has 0 radical (unpaired) electrons. The van der Waals surface area contributed by atoms with Gasteiger partial charge in [0.1, 0.15) is 17.4 Å². The number of hydrogen-bond donors (Lipinski definition) is 1. The average Bonchev–Trinajstić information content (AvgIpc) is 3.84. The molecule has 62 heavy (non-hydrogen) atoms. The Bertz CT molecular complexity index is 2330. The fourth-order valence-electron chi connectivity index (χ4n) is 7.67. The van der Waals surface area contributed by atoms with Crippen molar-refractivity contribution in [2.24, 2.45) is 4.99 Å².